The monoisotopic (exact) mass is 294 g/mol. The van der Waals surface area contributed by atoms with Crippen LogP contribution >= 0.6 is 11.6 Å². The fourth-order valence-corrected chi connectivity index (χ4v) is 2.35. The van der Waals surface area contributed by atoms with E-state index in [-0.39, 0.29) is 24.8 Å². The van der Waals surface area contributed by atoms with Crippen molar-refractivity contribution in [3.05, 3.63) is 34.3 Å². The molecule has 0 N–H and O–H groups in total. The smallest absolute Gasteiger partial charge is 0.261 e. The van der Waals surface area contributed by atoms with Gasteiger partial charge in [-0.05, 0) is 37.5 Å². The van der Waals surface area contributed by atoms with Crippen molar-refractivity contribution in [3.63, 3.8) is 0 Å². The van der Waals surface area contributed by atoms with Gasteiger partial charge in [-0.2, -0.15) is 0 Å². The molecule has 0 spiro atoms. The van der Waals surface area contributed by atoms with Gasteiger partial charge in [0, 0.05) is 17.5 Å². The topological polar surface area (TPSA) is 77.5 Å². The number of hydrogen-bond acceptors (Lipinski definition) is 4. The summed E-state index contributed by atoms with van der Waals surface area (Å²) < 4.78 is 0. The van der Waals surface area contributed by atoms with Crippen LogP contribution in [0.4, 0.5) is 0 Å². The number of rotatable bonds is 6. The first-order valence-electron chi connectivity index (χ1n) is 6.36. The van der Waals surface area contributed by atoms with Gasteiger partial charge in [0.15, 0.2) is 0 Å². The number of halogens is 1. The molecule has 0 radical (unpaired) electrons. The van der Waals surface area contributed by atoms with Gasteiger partial charge in [-0.3, -0.25) is 14.5 Å². The molecule has 1 aromatic rings. The Morgan fingerprint density at radius 2 is 1.80 bits per heavy atom. The SMILES string of the molecule is O=C([O-])CCCCCN1C(=O)c2ccc(Cl)cc2C1=O. The van der Waals surface area contributed by atoms with Gasteiger partial charge in [-0.1, -0.05) is 18.0 Å². The summed E-state index contributed by atoms with van der Waals surface area (Å²) in [7, 11) is 0. The molecule has 0 aliphatic carbocycles. The number of carbonyl (C=O) groups is 3. The number of nitrogens with zero attached hydrogens (tertiary/aromatic N) is 1. The van der Waals surface area contributed by atoms with Crippen LogP contribution in [0.3, 0.4) is 0 Å². The van der Waals surface area contributed by atoms with E-state index in [1.807, 2.05) is 0 Å². The van der Waals surface area contributed by atoms with Gasteiger partial charge < -0.3 is 9.90 Å². The highest BCUT2D eigenvalue weighted by molar-refractivity contribution is 6.32. The van der Waals surface area contributed by atoms with Gasteiger partial charge in [0.1, 0.15) is 0 Å². The summed E-state index contributed by atoms with van der Waals surface area (Å²) in [6.07, 6.45) is 1.68. The molecule has 1 aromatic carbocycles. The Labute approximate surface area is 121 Å². The first-order chi connectivity index (χ1) is 9.50. The Kier molecular flexibility index (Phi) is 4.39. The lowest BCUT2D eigenvalue weighted by Crippen LogP contribution is -2.30. The molecule has 2 rings (SSSR count). The van der Waals surface area contributed by atoms with Crippen molar-refractivity contribution in [3.8, 4) is 0 Å². The zero-order valence-electron chi connectivity index (χ0n) is 10.7. The van der Waals surface area contributed by atoms with Crippen molar-refractivity contribution in [1.29, 1.82) is 0 Å². The van der Waals surface area contributed by atoms with Gasteiger partial charge in [-0.25, -0.2) is 0 Å². The van der Waals surface area contributed by atoms with E-state index in [1.54, 1.807) is 12.1 Å². The number of unbranched alkanes of at least 4 members (excludes halogenated alkanes) is 2. The number of benzene rings is 1. The van der Waals surface area contributed by atoms with Crippen molar-refractivity contribution >= 4 is 29.4 Å². The fraction of sp³-hybridized carbons (Fsp3) is 0.357. The first kappa shape index (κ1) is 14.5. The third-order valence-corrected chi connectivity index (χ3v) is 3.43. The number of carboxylic acid groups (broad SMARTS) is 1. The minimum atomic E-state index is -1.08. The van der Waals surface area contributed by atoms with Crippen molar-refractivity contribution in [2.45, 2.75) is 25.7 Å². The quantitative estimate of drug-likeness (QED) is 0.584. The normalized spacial score (nSPS) is 13.8. The van der Waals surface area contributed by atoms with E-state index in [1.165, 1.54) is 11.0 Å². The van der Waals surface area contributed by atoms with Crippen LogP contribution in [0.2, 0.25) is 5.02 Å². The first-order valence-corrected chi connectivity index (χ1v) is 6.74. The Balaban J connectivity index is 1.93. The average molecular weight is 295 g/mol. The van der Waals surface area contributed by atoms with E-state index in [0.717, 1.165) is 0 Å². The van der Waals surface area contributed by atoms with Crippen LogP contribution in [-0.2, 0) is 4.79 Å². The molecule has 0 saturated carbocycles. The van der Waals surface area contributed by atoms with E-state index in [0.29, 0.717) is 35.4 Å². The zero-order valence-corrected chi connectivity index (χ0v) is 11.5. The number of aliphatic carboxylic acids is 1. The summed E-state index contributed by atoms with van der Waals surface area (Å²) in [4.78, 5) is 35.6. The summed E-state index contributed by atoms with van der Waals surface area (Å²) in [5.41, 5.74) is 0.700. The Morgan fingerprint density at radius 3 is 2.50 bits per heavy atom. The van der Waals surface area contributed by atoms with Crippen molar-refractivity contribution in [2.75, 3.05) is 6.54 Å². The maximum atomic E-state index is 12.1. The highest BCUT2D eigenvalue weighted by atomic mass is 35.5. The molecule has 106 valence electrons. The molecule has 0 atom stereocenters. The van der Waals surface area contributed by atoms with E-state index in [9.17, 15) is 19.5 Å². The predicted octanol–water partition coefficient (Wildman–Crippen LogP) is 1.25. The van der Waals surface area contributed by atoms with Gasteiger partial charge in [0.2, 0.25) is 0 Å². The molecule has 5 nitrogen and oxygen atoms in total. The lowest BCUT2D eigenvalue weighted by molar-refractivity contribution is -0.305. The Hall–Kier alpha value is -1.88. The second kappa shape index (κ2) is 6.05. The van der Waals surface area contributed by atoms with Crippen LogP contribution in [0.1, 0.15) is 46.4 Å². The molecule has 0 aromatic heterocycles. The summed E-state index contributed by atoms with van der Waals surface area (Å²) >= 11 is 5.82. The molecule has 1 aliphatic rings. The van der Waals surface area contributed by atoms with Gasteiger partial charge in [0.25, 0.3) is 11.8 Å². The van der Waals surface area contributed by atoms with Crippen molar-refractivity contribution in [2.24, 2.45) is 0 Å². The number of amides is 2. The van der Waals surface area contributed by atoms with Crippen LogP contribution in [0.5, 0.6) is 0 Å². The Morgan fingerprint density at radius 1 is 1.10 bits per heavy atom. The van der Waals surface area contributed by atoms with Gasteiger partial charge in [0.05, 0.1) is 11.1 Å². The molecule has 0 bridgehead atoms. The number of carbonyl (C=O) groups excluding carboxylic acids is 3. The minimum Gasteiger partial charge on any atom is -0.550 e. The summed E-state index contributed by atoms with van der Waals surface area (Å²) in [6, 6.07) is 4.62. The van der Waals surface area contributed by atoms with Crippen LogP contribution in [0, 0.1) is 0 Å². The highest BCUT2D eigenvalue weighted by Gasteiger charge is 2.34. The lowest BCUT2D eigenvalue weighted by atomic mass is 10.1. The standard InChI is InChI=1S/C14H14ClNO4/c15-9-5-6-10-11(8-9)14(20)16(13(10)19)7-3-1-2-4-12(17)18/h5-6,8H,1-4,7H2,(H,17,18)/p-1. The predicted molar refractivity (Wildman–Crippen MR) is 70.3 cm³/mol. The third kappa shape index (κ3) is 2.99. The van der Waals surface area contributed by atoms with Crippen molar-refractivity contribution < 1.29 is 19.5 Å². The molecule has 0 saturated heterocycles. The van der Waals surface area contributed by atoms with E-state index in [4.69, 9.17) is 11.6 Å². The zero-order chi connectivity index (χ0) is 14.7. The maximum Gasteiger partial charge on any atom is 0.261 e. The minimum absolute atomic E-state index is 0.00226. The molecule has 2 amide bonds. The summed E-state index contributed by atoms with van der Waals surface area (Å²) in [6.45, 7) is 0.289. The number of fused-ring (bicyclic) bond motifs is 1. The summed E-state index contributed by atoms with van der Waals surface area (Å²) in [5, 5.41) is 10.7. The summed E-state index contributed by atoms with van der Waals surface area (Å²) in [5.74, 6) is -1.74. The van der Waals surface area contributed by atoms with Crippen molar-refractivity contribution in [1.82, 2.24) is 4.90 Å². The molecular weight excluding hydrogens is 282 g/mol. The van der Waals surface area contributed by atoms with E-state index >= 15 is 0 Å². The largest absolute Gasteiger partial charge is 0.550 e. The molecule has 6 heteroatoms. The highest BCUT2D eigenvalue weighted by Crippen LogP contribution is 2.26. The van der Waals surface area contributed by atoms with Gasteiger partial charge >= 0.3 is 0 Å². The van der Waals surface area contributed by atoms with Crippen LogP contribution < -0.4 is 5.11 Å². The van der Waals surface area contributed by atoms with Crippen LogP contribution in [0.15, 0.2) is 18.2 Å². The van der Waals surface area contributed by atoms with E-state index in [2.05, 4.69) is 0 Å². The second-order valence-corrected chi connectivity index (χ2v) is 5.07. The molecular formula is C14H13ClNO4-. The molecule has 0 fully saturated rings. The second-order valence-electron chi connectivity index (χ2n) is 4.63. The number of imide groups is 1. The fourth-order valence-electron chi connectivity index (χ4n) is 2.18. The van der Waals surface area contributed by atoms with Crippen LogP contribution in [-0.4, -0.2) is 29.2 Å². The maximum absolute atomic E-state index is 12.1. The van der Waals surface area contributed by atoms with Crippen LogP contribution in [0.25, 0.3) is 0 Å². The Bertz CT molecular complexity index is 570. The third-order valence-electron chi connectivity index (χ3n) is 3.20. The lowest BCUT2D eigenvalue weighted by Gasteiger charge is -2.13. The van der Waals surface area contributed by atoms with Gasteiger partial charge in [-0.15, -0.1) is 0 Å². The molecule has 20 heavy (non-hydrogen) atoms. The average Bonchev–Trinajstić information content (AvgIpc) is 2.62. The van der Waals surface area contributed by atoms with E-state index < -0.39 is 5.97 Å². The number of carboxylic acids is 1. The molecule has 0 unspecified atom stereocenters. The number of hydrogen-bond donors (Lipinski definition) is 0. The molecule has 1 heterocycles. The molecule has 1 aliphatic heterocycles.